The van der Waals surface area contributed by atoms with E-state index >= 15 is 0 Å². The Balaban J connectivity index is 1.52. The molecule has 0 aliphatic rings. The van der Waals surface area contributed by atoms with Crippen molar-refractivity contribution in [2.45, 2.75) is 26.2 Å². The van der Waals surface area contributed by atoms with Crippen LogP contribution in [0.2, 0.25) is 0 Å². The van der Waals surface area contributed by atoms with Crippen molar-refractivity contribution in [2.75, 3.05) is 0 Å². The van der Waals surface area contributed by atoms with E-state index in [0.717, 1.165) is 11.1 Å². The second-order valence-electron chi connectivity index (χ2n) is 9.51. The second kappa shape index (κ2) is 10.4. The Morgan fingerprint density at radius 2 is 0.950 bits per heavy atom. The number of nitrogens with one attached hydrogen (secondary N) is 2. The van der Waals surface area contributed by atoms with Gasteiger partial charge in [0.1, 0.15) is 11.0 Å². The highest BCUT2D eigenvalue weighted by molar-refractivity contribution is 5.97. The van der Waals surface area contributed by atoms with Crippen molar-refractivity contribution in [1.82, 2.24) is 40.6 Å². The van der Waals surface area contributed by atoms with Crippen LogP contribution in [0.25, 0.3) is 22.1 Å². The van der Waals surface area contributed by atoms with Gasteiger partial charge < -0.3 is 10.6 Å². The van der Waals surface area contributed by atoms with E-state index in [2.05, 4.69) is 31.3 Å². The van der Waals surface area contributed by atoms with Gasteiger partial charge in [0, 0.05) is 11.1 Å². The third-order valence-electron chi connectivity index (χ3n) is 6.92. The van der Waals surface area contributed by atoms with Crippen molar-refractivity contribution >= 4 is 33.9 Å². The molecule has 0 fully saturated rings. The van der Waals surface area contributed by atoms with Crippen LogP contribution in [-0.4, -0.2) is 41.8 Å². The number of nitrogens with zero attached hydrogens (tertiary/aromatic N) is 6. The molecule has 40 heavy (non-hydrogen) atoms. The lowest BCUT2D eigenvalue weighted by atomic mass is 10.1. The van der Waals surface area contributed by atoms with Crippen LogP contribution in [0.3, 0.4) is 0 Å². The maximum absolute atomic E-state index is 13.7. The summed E-state index contributed by atoms with van der Waals surface area (Å²) in [5, 5.41) is 23.7. The van der Waals surface area contributed by atoms with Crippen molar-refractivity contribution in [1.29, 1.82) is 0 Å². The lowest BCUT2D eigenvalue weighted by Gasteiger charge is -2.30. The molecule has 0 aliphatic heterocycles. The number of amides is 2. The van der Waals surface area contributed by atoms with Gasteiger partial charge in [-0.1, -0.05) is 71.1 Å². The predicted molar refractivity (Wildman–Crippen MR) is 150 cm³/mol. The zero-order valence-corrected chi connectivity index (χ0v) is 21.9. The van der Waals surface area contributed by atoms with Crippen molar-refractivity contribution in [3.63, 3.8) is 0 Å². The number of aryl methyl sites for hydroxylation is 2. The zero-order valence-electron chi connectivity index (χ0n) is 21.9. The first-order valence-corrected chi connectivity index (χ1v) is 12.8. The standard InChI is InChI=1S/C30H26N8O2/c1-19-11-3-5-13-21(19)29(39)31-27(37-25-17-9-7-15-23(25)33-35-37)28(32-30(40)22-14-6-4-12-20(22)2)38-26-18-10-8-16-24(26)34-36-38/h3-18,27-28H,1-2H3,(H,31,39)(H,32,40). The topological polar surface area (TPSA) is 120 Å². The quantitative estimate of drug-likeness (QED) is 0.317. The summed E-state index contributed by atoms with van der Waals surface area (Å²) < 4.78 is 3.20. The summed E-state index contributed by atoms with van der Waals surface area (Å²) >= 11 is 0. The Labute approximate surface area is 229 Å². The van der Waals surface area contributed by atoms with Crippen LogP contribution in [0.15, 0.2) is 97.1 Å². The molecule has 0 spiro atoms. The van der Waals surface area contributed by atoms with Crippen LogP contribution >= 0.6 is 0 Å². The highest BCUT2D eigenvalue weighted by Gasteiger charge is 2.33. The summed E-state index contributed by atoms with van der Waals surface area (Å²) in [5.74, 6) is -0.663. The van der Waals surface area contributed by atoms with Gasteiger partial charge in [0.25, 0.3) is 11.8 Å². The molecule has 2 N–H and O–H groups in total. The third-order valence-corrected chi connectivity index (χ3v) is 6.92. The number of carbonyl (C=O) groups excluding carboxylic acids is 2. The molecule has 2 atom stereocenters. The molecule has 6 rings (SSSR count). The van der Waals surface area contributed by atoms with E-state index in [1.54, 1.807) is 21.5 Å². The van der Waals surface area contributed by atoms with Gasteiger partial charge in [-0.15, -0.1) is 10.2 Å². The molecular formula is C30H26N8O2. The minimum absolute atomic E-state index is 0.331. The van der Waals surface area contributed by atoms with Crippen LogP contribution in [0.1, 0.15) is 44.2 Å². The van der Waals surface area contributed by atoms with Crippen molar-refractivity contribution in [3.05, 3.63) is 119 Å². The molecule has 0 saturated heterocycles. The average molecular weight is 531 g/mol. The van der Waals surface area contributed by atoms with Gasteiger partial charge in [-0.25, -0.2) is 9.36 Å². The first-order chi connectivity index (χ1) is 19.5. The minimum Gasteiger partial charge on any atom is -0.327 e. The molecule has 2 aromatic heterocycles. The minimum atomic E-state index is -0.933. The van der Waals surface area contributed by atoms with Gasteiger partial charge in [-0.2, -0.15) is 0 Å². The molecule has 0 radical (unpaired) electrons. The maximum Gasteiger partial charge on any atom is 0.253 e. The second-order valence-corrected chi connectivity index (χ2v) is 9.51. The Morgan fingerprint density at radius 1 is 0.575 bits per heavy atom. The van der Waals surface area contributed by atoms with Crippen LogP contribution < -0.4 is 10.6 Å². The molecule has 0 bridgehead atoms. The maximum atomic E-state index is 13.7. The number of hydrogen-bond donors (Lipinski definition) is 2. The van der Waals surface area contributed by atoms with Crippen LogP contribution in [0.4, 0.5) is 0 Å². The summed E-state index contributed by atoms with van der Waals surface area (Å²) in [7, 11) is 0. The number of carbonyl (C=O) groups is 2. The average Bonchev–Trinajstić information content (AvgIpc) is 3.60. The van der Waals surface area contributed by atoms with Crippen molar-refractivity contribution in [2.24, 2.45) is 0 Å². The van der Waals surface area contributed by atoms with Gasteiger partial charge in [-0.3, -0.25) is 9.59 Å². The fraction of sp³-hybridized carbons (Fsp3) is 0.133. The molecule has 2 unspecified atom stereocenters. The predicted octanol–water partition coefficient (Wildman–Crippen LogP) is 4.35. The smallest absolute Gasteiger partial charge is 0.253 e. The van der Waals surface area contributed by atoms with E-state index in [-0.39, 0.29) is 11.8 Å². The van der Waals surface area contributed by atoms with E-state index in [0.29, 0.717) is 33.2 Å². The molecular weight excluding hydrogens is 504 g/mol. The molecule has 10 nitrogen and oxygen atoms in total. The molecule has 6 aromatic rings. The summed E-state index contributed by atoms with van der Waals surface area (Å²) in [6.07, 6.45) is -1.87. The first-order valence-electron chi connectivity index (χ1n) is 12.8. The molecule has 2 amide bonds. The van der Waals surface area contributed by atoms with E-state index in [4.69, 9.17) is 0 Å². The van der Waals surface area contributed by atoms with E-state index < -0.39 is 12.3 Å². The fourth-order valence-corrected chi connectivity index (χ4v) is 4.81. The summed E-state index contributed by atoms with van der Waals surface area (Å²) in [6, 6.07) is 29.5. The Morgan fingerprint density at radius 3 is 1.38 bits per heavy atom. The van der Waals surface area contributed by atoms with Gasteiger partial charge in [0.2, 0.25) is 0 Å². The van der Waals surface area contributed by atoms with Crippen molar-refractivity contribution < 1.29 is 9.59 Å². The number of para-hydroxylation sites is 2. The third kappa shape index (κ3) is 4.55. The van der Waals surface area contributed by atoms with Crippen LogP contribution in [0.5, 0.6) is 0 Å². The van der Waals surface area contributed by atoms with Gasteiger partial charge >= 0.3 is 0 Å². The van der Waals surface area contributed by atoms with Crippen LogP contribution in [-0.2, 0) is 0 Å². The van der Waals surface area contributed by atoms with E-state index in [1.807, 2.05) is 98.8 Å². The lowest BCUT2D eigenvalue weighted by molar-refractivity contribution is 0.0797. The zero-order chi connectivity index (χ0) is 27.6. The fourth-order valence-electron chi connectivity index (χ4n) is 4.81. The van der Waals surface area contributed by atoms with Gasteiger partial charge in [0.15, 0.2) is 12.3 Å². The highest BCUT2D eigenvalue weighted by atomic mass is 16.2. The molecule has 198 valence electrons. The summed E-state index contributed by atoms with van der Waals surface area (Å²) in [5.41, 5.74) is 5.28. The summed E-state index contributed by atoms with van der Waals surface area (Å²) in [4.78, 5) is 27.4. The highest BCUT2D eigenvalue weighted by Crippen LogP contribution is 2.26. The van der Waals surface area contributed by atoms with E-state index in [1.165, 1.54) is 0 Å². The Bertz CT molecular complexity index is 1720. The Kier molecular flexibility index (Phi) is 6.49. The molecule has 0 aliphatic carbocycles. The van der Waals surface area contributed by atoms with Crippen molar-refractivity contribution in [3.8, 4) is 0 Å². The Hall–Kier alpha value is -5.38. The molecule has 2 heterocycles. The normalized spacial score (nSPS) is 12.8. The monoisotopic (exact) mass is 530 g/mol. The van der Waals surface area contributed by atoms with E-state index in [9.17, 15) is 9.59 Å². The molecule has 4 aromatic carbocycles. The number of aromatic nitrogens is 6. The molecule has 10 heteroatoms. The first kappa shape index (κ1) is 24.9. The number of rotatable bonds is 7. The van der Waals surface area contributed by atoms with Gasteiger partial charge in [-0.05, 0) is 61.4 Å². The number of fused-ring (bicyclic) bond motifs is 2. The molecule has 0 saturated carbocycles. The summed E-state index contributed by atoms with van der Waals surface area (Å²) in [6.45, 7) is 3.74. The number of benzene rings is 4. The van der Waals surface area contributed by atoms with Crippen LogP contribution in [0, 0.1) is 13.8 Å². The SMILES string of the molecule is Cc1ccccc1C(=O)NC(C(NC(=O)c1ccccc1C)n1nnc2ccccc21)n1nnc2ccccc21. The largest absolute Gasteiger partial charge is 0.327 e. The lowest BCUT2D eigenvalue weighted by Crippen LogP contribution is -2.47. The number of hydrogen-bond acceptors (Lipinski definition) is 6. The van der Waals surface area contributed by atoms with Gasteiger partial charge in [0.05, 0.1) is 11.0 Å².